The fraction of sp³-hybridized carbons (Fsp3) is 0.571. The van der Waals surface area contributed by atoms with Crippen LogP contribution in [-0.2, 0) is 11.3 Å². The van der Waals surface area contributed by atoms with Crippen LogP contribution in [0.2, 0.25) is 0 Å². The second-order valence-corrected chi connectivity index (χ2v) is 5.49. The highest BCUT2D eigenvalue weighted by atomic mass is 32.1. The highest BCUT2D eigenvalue weighted by Crippen LogP contribution is 2.12. The van der Waals surface area contributed by atoms with Crippen LogP contribution in [0.25, 0.3) is 0 Å². The molecular weight excluding hydrogens is 276 g/mol. The van der Waals surface area contributed by atoms with E-state index in [-0.39, 0.29) is 12.5 Å². The minimum Gasteiger partial charge on any atom is -0.481 e. The number of aryl methyl sites for hydroxylation is 1. The smallest absolute Gasteiger partial charge is 0.315 e. The lowest BCUT2D eigenvalue weighted by molar-refractivity contribution is -0.137. The molecule has 0 saturated heterocycles. The van der Waals surface area contributed by atoms with Crippen molar-refractivity contribution in [3.63, 3.8) is 0 Å². The second-order valence-electron chi connectivity index (χ2n) is 4.75. The average Bonchev–Trinajstić information content (AvgIpc) is 2.80. The monoisotopic (exact) mass is 298 g/mol. The number of hydrogen-bond acceptors (Lipinski definition) is 3. The molecule has 0 aliphatic carbocycles. The molecule has 0 saturated carbocycles. The second kappa shape index (κ2) is 9.36. The van der Waals surface area contributed by atoms with E-state index in [2.05, 4.69) is 16.0 Å². The largest absolute Gasteiger partial charge is 0.481 e. The van der Waals surface area contributed by atoms with Crippen LogP contribution in [0.4, 0.5) is 4.79 Å². The number of nitrogens with one attached hydrogen (secondary N) is 2. The van der Waals surface area contributed by atoms with Gasteiger partial charge in [-0.15, -0.1) is 0 Å². The predicted octanol–water partition coefficient (Wildman–Crippen LogP) is 2.89. The summed E-state index contributed by atoms with van der Waals surface area (Å²) in [6.07, 6.45) is 3.65. The van der Waals surface area contributed by atoms with Crippen LogP contribution >= 0.6 is 11.3 Å². The van der Waals surface area contributed by atoms with Gasteiger partial charge in [0, 0.05) is 19.5 Å². The summed E-state index contributed by atoms with van der Waals surface area (Å²) in [4.78, 5) is 21.8. The Morgan fingerprint density at radius 3 is 2.55 bits per heavy atom. The van der Waals surface area contributed by atoms with E-state index in [1.54, 1.807) is 11.3 Å². The highest BCUT2D eigenvalue weighted by Gasteiger charge is 2.02. The average molecular weight is 298 g/mol. The summed E-state index contributed by atoms with van der Waals surface area (Å²) < 4.78 is 0. The van der Waals surface area contributed by atoms with Gasteiger partial charge in [0.15, 0.2) is 0 Å². The summed E-state index contributed by atoms with van der Waals surface area (Å²) in [5.74, 6) is -0.744. The number of urea groups is 1. The van der Waals surface area contributed by atoms with Crippen molar-refractivity contribution < 1.29 is 14.7 Å². The molecule has 1 heterocycles. The number of carbonyl (C=O) groups excluding carboxylic acids is 1. The molecule has 0 fully saturated rings. The van der Waals surface area contributed by atoms with E-state index in [9.17, 15) is 9.59 Å². The van der Waals surface area contributed by atoms with E-state index in [1.807, 2.05) is 12.3 Å². The fourth-order valence-electron chi connectivity index (χ4n) is 1.76. The Hall–Kier alpha value is -1.56. The van der Waals surface area contributed by atoms with Gasteiger partial charge >= 0.3 is 12.0 Å². The molecule has 20 heavy (non-hydrogen) atoms. The van der Waals surface area contributed by atoms with E-state index in [0.717, 1.165) is 24.8 Å². The summed E-state index contributed by atoms with van der Waals surface area (Å²) >= 11 is 1.64. The number of carboxylic acid groups (broad SMARTS) is 1. The van der Waals surface area contributed by atoms with Crippen LogP contribution in [-0.4, -0.2) is 23.7 Å². The molecule has 0 radical (unpaired) electrons. The van der Waals surface area contributed by atoms with Crippen LogP contribution < -0.4 is 10.6 Å². The van der Waals surface area contributed by atoms with Crippen molar-refractivity contribution in [3.8, 4) is 0 Å². The van der Waals surface area contributed by atoms with Crippen LogP contribution in [0.1, 0.15) is 43.2 Å². The molecule has 0 aliphatic rings. The number of thiophene rings is 1. The molecule has 112 valence electrons. The van der Waals surface area contributed by atoms with E-state index < -0.39 is 5.97 Å². The standard InChI is InChI=1S/C14H22N2O3S/c1-11-9-20-10-12(11)8-16-14(19)15-7-5-3-2-4-6-13(17)18/h9-10H,2-8H2,1H3,(H,17,18)(H2,15,16,19). The van der Waals surface area contributed by atoms with Gasteiger partial charge in [0.05, 0.1) is 0 Å². The van der Waals surface area contributed by atoms with Crippen molar-refractivity contribution in [1.82, 2.24) is 10.6 Å². The minimum atomic E-state index is -0.744. The van der Waals surface area contributed by atoms with Crippen molar-refractivity contribution in [2.24, 2.45) is 0 Å². The molecule has 5 nitrogen and oxygen atoms in total. The minimum absolute atomic E-state index is 0.152. The zero-order chi connectivity index (χ0) is 14.8. The van der Waals surface area contributed by atoms with Gasteiger partial charge in [-0.1, -0.05) is 12.8 Å². The quantitative estimate of drug-likeness (QED) is 0.613. The first kappa shape index (κ1) is 16.5. The number of rotatable bonds is 9. The van der Waals surface area contributed by atoms with Gasteiger partial charge in [0.2, 0.25) is 0 Å². The Labute approximate surface area is 123 Å². The lowest BCUT2D eigenvalue weighted by atomic mass is 10.1. The van der Waals surface area contributed by atoms with Crippen molar-refractivity contribution in [3.05, 3.63) is 21.9 Å². The zero-order valence-electron chi connectivity index (χ0n) is 11.8. The first-order valence-corrected chi connectivity index (χ1v) is 7.79. The SMILES string of the molecule is Cc1cscc1CNC(=O)NCCCCCCC(=O)O. The van der Waals surface area contributed by atoms with Gasteiger partial charge in [0.25, 0.3) is 0 Å². The molecule has 0 aliphatic heterocycles. The van der Waals surface area contributed by atoms with Crippen LogP contribution in [0.5, 0.6) is 0 Å². The molecular formula is C14H22N2O3S. The maximum absolute atomic E-state index is 11.5. The number of amides is 2. The van der Waals surface area contributed by atoms with E-state index >= 15 is 0 Å². The Kier molecular flexibility index (Phi) is 7.72. The fourth-order valence-corrected chi connectivity index (χ4v) is 2.62. The molecule has 1 aromatic rings. The summed E-state index contributed by atoms with van der Waals surface area (Å²) in [5.41, 5.74) is 2.35. The molecule has 3 N–H and O–H groups in total. The third kappa shape index (κ3) is 7.13. The molecule has 2 amide bonds. The number of hydrogen-bond donors (Lipinski definition) is 3. The lowest BCUT2D eigenvalue weighted by Crippen LogP contribution is -2.35. The van der Waals surface area contributed by atoms with Gasteiger partial charge in [0.1, 0.15) is 0 Å². The Morgan fingerprint density at radius 2 is 1.90 bits per heavy atom. The van der Waals surface area contributed by atoms with Crippen molar-refractivity contribution in [2.75, 3.05) is 6.54 Å². The summed E-state index contributed by atoms with van der Waals surface area (Å²) in [6, 6.07) is -0.152. The molecule has 1 rings (SSSR count). The number of aliphatic carboxylic acids is 1. The van der Waals surface area contributed by atoms with Crippen LogP contribution in [0.3, 0.4) is 0 Å². The zero-order valence-corrected chi connectivity index (χ0v) is 12.6. The molecule has 1 aromatic heterocycles. The first-order valence-electron chi connectivity index (χ1n) is 6.84. The molecule has 0 spiro atoms. The van der Waals surface area contributed by atoms with Crippen molar-refractivity contribution in [1.29, 1.82) is 0 Å². The van der Waals surface area contributed by atoms with Gasteiger partial charge < -0.3 is 15.7 Å². The number of unbranched alkanes of at least 4 members (excludes halogenated alkanes) is 3. The normalized spacial score (nSPS) is 10.2. The maximum atomic E-state index is 11.5. The topological polar surface area (TPSA) is 78.4 Å². The third-order valence-corrected chi connectivity index (χ3v) is 3.91. The molecule has 6 heteroatoms. The predicted molar refractivity (Wildman–Crippen MR) is 80.0 cm³/mol. The van der Waals surface area contributed by atoms with E-state index in [0.29, 0.717) is 19.5 Å². The Morgan fingerprint density at radius 1 is 1.15 bits per heavy atom. The molecule has 0 unspecified atom stereocenters. The van der Waals surface area contributed by atoms with Gasteiger partial charge in [-0.3, -0.25) is 4.79 Å². The Balaban J connectivity index is 1.98. The molecule has 0 atom stereocenters. The van der Waals surface area contributed by atoms with Gasteiger partial charge in [-0.25, -0.2) is 4.79 Å². The third-order valence-electron chi connectivity index (χ3n) is 3.00. The Bertz CT molecular complexity index is 432. The van der Waals surface area contributed by atoms with Gasteiger partial charge in [-0.05, 0) is 41.7 Å². The number of carboxylic acids is 1. The van der Waals surface area contributed by atoms with Crippen molar-refractivity contribution >= 4 is 23.3 Å². The van der Waals surface area contributed by atoms with Gasteiger partial charge in [-0.2, -0.15) is 11.3 Å². The van der Waals surface area contributed by atoms with E-state index in [4.69, 9.17) is 5.11 Å². The lowest BCUT2D eigenvalue weighted by Gasteiger charge is -2.07. The van der Waals surface area contributed by atoms with Crippen molar-refractivity contribution in [2.45, 2.75) is 45.6 Å². The molecule has 0 aromatic carbocycles. The van der Waals surface area contributed by atoms with Crippen LogP contribution in [0, 0.1) is 6.92 Å². The summed E-state index contributed by atoms with van der Waals surface area (Å²) in [7, 11) is 0. The summed E-state index contributed by atoms with van der Waals surface area (Å²) in [5, 5.41) is 18.2. The number of carbonyl (C=O) groups is 2. The summed E-state index contributed by atoms with van der Waals surface area (Å²) in [6.45, 7) is 3.21. The molecule has 0 bridgehead atoms. The van der Waals surface area contributed by atoms with Crippen LogP contribution in [0.15, 0.2) is 10.8 Å². The maximum Gasteiger partial charge on any atom is 0.315 e. The highest BCUT2D eigenvalue weighted by molar-refractivity contribution is 7.08. The van der Waals surface area contributed by atoms with E-state index in [1.165, 1.54) is 5.56 Å². The first-order chi connectivity index (χ1) is 9.59.